The molecular formula is C14H15Cl2NO3. The molecule has 0 radical (unpaired) electrons. The highest BCUT2D eigenvalue weighted by Gasteiger charge is 2.38. The minimum absolute atomic E-state index is 0.0596. The van der Waals surface area contributed by atoms with E-state index in [9.17, 15) is 9.59 Å². The van der Waals surface area contributed by atoms with Crippen molar-refractivity contribution in [3.05, 3.63) is 33.8 Å². The average Bonchev–Trinajstić information content (AvgIpc) is 2.82. The Balaban J connectivity index is 2.19. The molecule has 108 valence electrons. The molecule has 1 aliphatic heterocycles. The summed E-state index contributed by atoms with van der Waals surface area (Å²) in [6.45, 7) is 2.77. The molecule has 4 nitrogen and oxygen atoms in total. The van der Waals surface area contributed by atoms with Crippen molar-refractivity contribution in [2.75, 3.05) is 20.2 Å². The molecule has 1 aliphatic rings. The topological polar surface area (TPSA) is 46.6 Å². The minimum Gasteiger partial charge on any atom is -0.469 e. The average molecular weight is 316 g/mol. The van der Waals surface area contributed by atoms with Gasteiger partial charge in [-0.2, -0.15) is 0 Å². The first kappa shape index (κ1) is 15.1. The molecule has 6 heteroatoms. The van der Waals surface area contributed by atoms with E-state index in [0.717, 1.165) is 0 Å². The summed E-state index contributed by atoms with van der Waals surface area (Å²) in [5, 5.41) is 0.808. The number of amides is 1. The van der Waals surface area contributed by atoms with Gasteiger partial charge in [-0.15, -0.1) is 0 Å². The summed E-state index contributed by atoms with van der Waals surface area (Å²) in [5.74, 6) is -0.730. The van der Waals surface area contributed by atoms with Crippen LogP contribution >= 0.6 is 23.2 Å². The number of halogens is 2. The molecule has 1 aromatic rings. The molecule has 1 fully saturated rings. The van der Waals surface area contributed by atoms with Crippen LogP contribution in [-0.2, 0) is 9.53 Å². The van der Waals surface area contributed by atoms with Crippen LogP contribution in [0, 0.1) is 11.8 Å². The molecule has 1 saturated heterocycles. The predicted molar refractivity (Wildman–Crippen MR) is 77.0 cm³/mol. The molecule has 0 bridgehead atoms. The van der Waals surface area contributed by atoms with E-state index in [-0.39, 0.29) is 23.7 Å². The Morgan fingerprint density at radius 2 is 2.00 bits per heavy atom. The van der Waals surface area contributed by atoms with Crippen molar-refractivity contribution >= 4 is 35.1 Å². The van der Waals surface area contributed by atoms with E-state index in [1.165, 1.54) is 7.11 Å². The summed E-state index contributed by atoms with van der Waals surface area (Å²) in [6.07, 6.45) is 0. The van der Waals surface area contributed by atoms with Crippen molar-refractivity contribution in [1.29, 1.82) is 0 Å². The minimum atomic E-state index is -0.290. The second kappa shape index (κ2) is 6.02. The molecule has 1 aromatic carbocycles. The summed E-state index contributed by atoms with van der Waals surface area (Å²) in [7, 11) is 1.35. The number of rotatable bonds is 2. The highest BCUT2D eigenvalue weighted by atomic mass is 35.5. The second-order valence-corrected chi connectivity index (χ2v) is 5.78. The lowest BCUT2D eigenvalue weighted by Crippen LogP contribution is -2.30. The lowest BCUT2D eigenvalue weighted by Gasteiger charge is -2.17. The van der Waals surface area contributed by atoms with Gasteiger partial charge < -0.3 is 9.64 Å². The van der Waals surface area contributed by atoms with Gasteiger partial charge in [0.05, 0.1) is 23.6 Å². The summed E-state index contributed by atoms with van der Waals surface area (Å²) >= 11 is 11.9. The summed E-state index contributed by atoms with van der Waals surface area (Å²) in [6, 6.07) is 4.77. The first-order valence-corrected chi connectivity index (χ1v) is 7.01. The lowest BCUT2D eigenvalue weighted by molar-refractivity contribution is -0.146. The number of likely N-dealkylation sites (tertiary alicyclic amines) is 1. The molecule has 0 saturated carbocycles. The number of carbonyl (C=O) groups is 2. The number of carbonyl (C=O) groups excluding carboxylic acids is 2. The molecule has 0 N–H and O–H groups in total. The molecule has 20 heavy (non-hydrogen) atoms. The van der Waals surface area contributed by atoms with Crippen LogP contribution in [0.1, 0.15) is 17.3 Å². The van der Waals surface area contributed by atoms with Gasteiger partial charge in [0.15, 0.2) is 0 Å². The third kappa shape index (κ3) is 2.91. The van der Waals surface area contributed by atoms with Gasteiger partial charge in [-0.1, -0.05) is 30.1 Å². The van der Waals surface area contributed by atoms with Crippen LogP contribution < -0.4 is 0 Å². The number of ether oxygens (including phenoxy) is 1. The molecule has 2 atom stereocenters. The zero-order valence-electron chi connectivity index (χ0n) is 11.2. The summed E-state index contributed by atoms with van der Waals surface area (Å²) in [5.41, 5.74) is 0.358. The third-order valence-electron chi connectivity index (χ3n) is 3.56. The number of esters is 1. The normalized spacial score (nSPS) is 21.9. The van der Waals surface area contributed by atoms with E-state index in [1.807, 2.05) is 6.92 Å². The number of benzene rings is 1. The van der Waals surface area contributed by atoms with Crippen LogP contribution in [0.2, 0.25) is 10.0 Å². The van der Waals surface area contributed by atoms with E-state index >= 15 is 0 Å². The van der Waals surface area contributed by atoms with Gasteiger partial charge in [-0.3, -0.25) is 9.59 Å². The monoisotopic (exact) mass is 315 g/mol. The Morgan fingerprint density at radius 3 is 2.65 bits per heavy atom. The molecule has 0 aromatic heterocycles. The fourth-order valence-corrected chi connectivity index (χ4v) is 2.79. The van der Waals surface area contributed by atoms with Crippen LogP contribution in [0.3, 0.4) is 0 Å². The first-order valence-electron chi connectivity index (χ1n) is 6.26. The largest absolute Gasteiger partial charge is 0.469 e. The highest BCUT2D eigenvalue weighted by Crippen LogP contribution is 2.28. The van der Waals surface area contributed by atoms with Crippen molar-refractivity contribution in [3.8, 4) is 0 Å². The fourth-order valence-electron chi connectivity index (χ4n) is 2.42. The molecule has 0 aliphatic carbocycles. The predicted octanol–water partition coefficient (Wildman–Crippen LogP) is 2.87. The molecule has 1 heterocycles. The van der Waals surface area contributed by atoms with Crippen LogP contribution in [0.15, 0.2) is 18.2 Å². The van der Waals surface area contributed by atoms with E-state index in [2.05, 4.69) is 0 Å². The van der Waals surface area contributed by atoms with Gasteiger partial charge in [-0.25, -0.2) is 0 Å². The van der Waals surface area contributed by atoms with E-state index in [4.69, 9.17) is 27.9 Å². The van der Waals surface area contributed by atoms with Gasteiger partial charge in [0.2, 0.25) is 0 Å². The molecule has 2 unspecified atom stereocenters. The highest BCUT2D eigenvalue weighted by molar-refractivity contribution is 6.35. The van der Waals surface area contributed by atoms with Crippen LogP contribution in [0.5, 0.6) is 0 Å². The summed E-state index contributed by atoms with van der Waals surface area (Å²) < 4.78 is 4.76. The van der Waals surface area contributed by atoms with Crippen molar-refractivity contribution in [2.45, 2.75) is 6.92 Å². The van der Waals surface area contributed by atoms with E-state index < -0.39 is 0 Å². The van der Waals surface area contributed by atoms with Gasteiger partial charge in [-0.05, 0) is 24.1 Å². The number of hydrogen-bond acceptors (Lipinski definition) is 3. The fraction of sp³-hybridized carbons (Fsp3) is 0.429. The number of nitrogens with zero attached hydrogens (tertiary/aromatic N) is 1. The Hall–Kier alpha value is -1.26. The van der Waals surface area contributed by atoms with E-state index in [1.54, 1.807) is 23.1 Å². The van der Waals surface area contributed by atoms with Gasteiger partial charge in [0, 0.05) is 18.1 Å². The second-order valence-electron chi connectivity index (χ2n) is 4.94. The SMILES string of the molecule is COC(=O)C1CN(C(=O)c2cc(Cl)ccc2Cl)CC1C. The van der Waals surface area contributed by atoms with Crippen LogP contribution in [0.25, 0.3) is 0 Å². The van der Waals surface area contributed by atoms with Crippen molar-refractivity contribution < 1.29 is 14.3 Å². The standard InChI is InChI=1S/C14H15Cl2NO3/c1-8-6-17(7-11(8)14(19)20-2)13(18)10-5-9(15)3-4-12(10)16/h3-5,8,11H,6-7H2,1-2H3. The van der Waals surface area contributed by atoms with Crippen LogP contribution in [0.4, 0.5) is 0 Å². The van der Waals surface area contributed by atoms with Crippen molar-refractivity contribution in [1.82, 2.24) is 4.90 Å². The van der Waals surface area contributed by atoms with E-state index in [0.29, 0.717) is 28.7 Å². The lowest BCUT2D eigenvalue weighted by atomic mass is 9.99. The van der Waals surface area contributed by atoms with Crippen LogP contribution in [-0.4, -0.2) is 37.0 Å². The Labute approximate surface area is 127 Å². The zero-order chi connectivity index (χ0) is 14.9. The Morgan fingerprint density at radius 1 is 1.30 bits per heavy atom. The number of methoxy groups -OCH3 is 1. The molecular weight excluding hydrogens is 301 g/mol. The van der Waals surface area contributed by atoms with Gasteiger partial charge in [0.25, 0.3) is 5.91 Å². The molecule has 0 spiro atoms. The summed E-state index contributed by atoms with van der Waals surface area (Å²) in [4.78, 5) is 25.7. The van der Waals surface area contributed by atoms with Gasteiger partial charge in [0.1, 0.15) is 0 Å². The quantitative estimate of drug-likeness (QED) is 0.788. The van der Waals surface area contributed by atoms with Crippen molar-refractivity contribution in [2.24, 2.45) is 11.8 Å². The molecule has 1 amide bonds. The third-order valence-corrected chi connectivity index (χ3v) is 4.13. The zero-order valence-corrected chi connectivity index (χ0v) is 12.7. The van der Waals surface area contributed by atoms with Crippen molar-refractivity contribution in [3.63, 3.8) is 0 Å². The maximum Gasteiger partial charge on any atom is 0.310 e. The first-order chi connectivity index (χ1) is 9.43. The Bertz CT molecular complexity index is 547. The maximum absolute atomic E-state index is 12.5. The molecule has 2 rings (SSSR count). The Kier molecular flexibility index (Phi) is 4.55. The maximum atomic E-state index is 12.5. The smallest absolute Gasteiger partial charge is 0.310 e. The number of hydrogen-bond donors (Lipinski definition) is 0. The van der Waals surface area contributed by atoms with Gasteiger partial charge >= 0.3 is 5.97 Å².